The number of pyridine rings is 1. The molecule has 27 heavy (non-hydrogen) atoms. The Morgan fingerprint density at radius 1 is 0.963 bits per heavy atom. The average molecular weight is 360 g/mol. The van der Waals surface area contributed by atoms with E-state index in [1.165, 1.54) is 5.56 Å². The lowest BCUT2D eigenvalue weighted by Gasteiger charge is -2.22. The number of carbonyl (C=O) groups is 1. The minimum atomic E-state index is -0.100. The fraction of sp³-hybridized carbons (Fsp3) is 0.217. The smallest absolute Gasteiger partial charge is 0.251 e. The minimum absolute atomic E-state index is 0.100. The molecule has 4 nitrogen and oxygen atoms in total. The molecule has 0 aliphatic heterocycles. The topological polar surface area (TPSA) is 51.2 Å². The van der Waals surface area contributed by atoms with Crippen LogP contribution in [0.4, 0.5) is 0 Å². The number of benzene rings is 2. The van der Waals surface area contributed by atoms with Crippen molar-refractivity contribution in [2.45, 2.75) is 19.8 Å². The number of hydrogen-bond donors (Lipinski definition) is 1. The van der Waals surface area contributed by atoms with Gasteiger partial charge in [0.15, 0.2) is 0 Å². The molecule has 1 unspecified atom stereocenters. The van der Waals surface area contributed by atoms with E-state index < -0.39 is 0 Å². The quantitative estimate of drug-likeness (QED) is 0.642. The first-order valence-corrected chi connectivity index (χ1v) is 9.14. The van der Waals surface area contributed by atoms with Gasteiger partial charge in [-0.2, -0.15) is 0 Å². The van der Waals surface area contributed by atoms with Gasteiger partial charge in [-0.3, -0.25) is 9.78 Å². The van der Waals surface area contributed by atoms with Crippen LogP contribution in [0, 0.1) is 5.92 Å². The highest BCUT2D eigenvalue weighted by molar-refractivity contribution is 5.94. The van der Waals surface area contributed by atoms with Gasteiger partial charge in [0.2, 0.25) is 0 Å². The molecular formula is C23H24N2O2. The van der Waals surface area contributed by atoms with Crippen LogP contribution in [0.3, 0.4) is 0 Å². The lowest BCUT2D eigenvalue weighted by Crippen LogP contribution is -2.30. The fourth-order valence-electron chi connectivity index (χ4n) is 2.99. The fourth-order valence-corrected chi connectivity index (χ4v) is 2.99. The van der Waals surface area contributed by atoms with Crippen molar-refractivity contribution in [3.05, 3.63) is 90.3 Å². The maximum atomic E-state index is 12.6. The maximum absolute atomic E-state index is 12.6. The first kappa shape index (κ1) is 18.6. The van der Waals surface area contributed by atoms with E-state index in [0.717, 1.165) is 0 Å². The van der Waals surface area contributed by atoms with Gasteiger partial charge in [0.1, 0.15) is 11.5 Å². The molecule has 0 radical (unpaired) electrons. The predicted octanol–water partition coefficient (Wildman–Crippen LogP) is 5.04. The summed E-state index contributed by atoms with van der Waals surface area (Å²) in [6.07, 6.45) is 3.34. The second-order valence-electron chi connectivity index (χ2n) is 6.78. The summed E-state index contributed by atoms with van der Waals surface area (Å²) in [6.45, 7) is 4.94. The van der Waals surface area contributed by atoms with Gasteiger partial charge in [0.05, 0.1) is 0 Å². The molecule has 0 bridgehead atoms. The largest absolute Gasteiger partial charge is 0.457 e. The van der Waals surface area contributed by atoms with Crippen LogP contribution in [-0.4, -0.2) is 17.4 Å². The molecule has 1 amide bonds. The van der Waals surface area contributed by atoms with Crippen molar-refractivity contribution < 1.29 is 9.53 Å². The Morgan fingerprint density at radius 2 is 1.70 bits per heavy atom. The van der Waals surface area contributed by atoms with E-state index in [1.54, 1.807) is 36.7 Å². The van der Waals surface area contributed by atoms with Gasteiger partial charge in [0, 0.05) is 30.4 Å². The van der Waals surface area contributed by atoms with Crippen molar-refractivity contribution in [3.63, 3.8) is 0 Å². The maximum Gasteiger partial charge on any atom is 0.251 e. The first-order chi connectivity index (χ1) is 13.1. The molecule has 1 atom stereocenters. The Labute approximate surface area is 160 Å². The third kappa shape index (κ3) is 5.17. The van der Waals surface area contributed by atoms with Crippen molar-refractivity contribution >= 4 is 5.91 Å². The molecule has 1 heterocycles. The van der Waals surface area contributed by atoms with E-state index in [1.807, 2.05) is 30.3 Å². The van der Waals surface area contributed by atoms with E-state index in [0.29, 0.717) is 29.5 Å². The van der Waals surface area contributed by atoms with Gasteiger partial charge < -0.3 is 10.1 Å². The number of rotatable bonds is 7. The number of aromatic nitrogens is 1. The van der Waals surface area contributed by atoms with Gasteiger partial charge in [0.25, 0.3) is 5.91 Å². The van der Waals surface area contributed by atoms with Crippen molar-refractivity contribution in [1.82, 2.24) is 10.3 Å². The average Bonchev–Trinajstić information content (AvgIpc) is 2.69. The molecule has 0 saturated carbocycles. The van der Waals surface area contributed by atoms with Gasteiger partial charge in [-0.15, -0.1) is 0 Å². The van der Waals surface area contributed by atoms with E-state index in [4.69, 9.17) is 4.74 Å². The summed E-state index contributed by atoms with van der Waals surface area (Å²) in [4.78, 5) is 16.6. The Kier molecular flexibility index (Phi) is 6.21. The Morgan fingerprint density at radius 3 is 2.41 bits per heavy atom. The molecule has 2 aromatic carbocycles. The van der Waals surface area contributed by atoms with Gasteiger partial charge >= 0.3 is 0 Å². The number of ether oxygens (including phenoxy) is 1. The molecule has 4 heteroatoms. The Hall–Kier alpha value is -3.14. The molecule has 3 aromatic rings. The highest BCUT2D eigenvalue weighted by atomic mass is 16.5. The van der Waals surface area contributed by atoms with Crippen molar-refractivity contribution in [1.29, 1.82) is 0 Å². The summed E-state index contributed by atoms with van der Waals surface area (Å²) < 4.78 is 5.78. The predicted molar refractivity (Wildman–Crippen MR) is 107 cm³/mol. The molecular weight excluding hydrogens is 336 g/mol. The Bertz CT molecular complexity index is 864. The number of nitrogens with zero attached hydrogens (tertiary/aromatic N) is 1. The molecule has 0 fully saturated rings. The molecule has 0 spiro atoms. The van der Waals surface area contributed by atoms with Crippen molar-refractivity contribution in [2.24, 2.45) is 5.92 Å². The standard InChI is InChI=1S/C23H24N2O2/c1-17(2)22(18-7-4-3-5-8-18)16-25-23(26)19-9-6-10-21(15-19)27-20-11-13-24-14-12-20/h3-15,17,22H,16H2,1-2H3,(H,25,26). The normalized spacial score (nSPS) is 11.8. The van der Waals surface area contributed by atoms with Crippen molar-refractivity contribution in [2.75, 3.05) is 6.54 Å². The van der Waals surface area contributed by atoms with E-state index in [-0.39, 0.29) is 11.8 Å². The highest BCUT2D eigenvalue weighted by Crippen LogP contribution is 2.24. The zero-order chi connectivity index (χ0) is 19.1. The third-order valence-corrected chi connectivity index (χ3v) is 4.50. The second-order valence-corrected chi connectivity index (χ2v) is 6.78. The van der Waals surface area contributed by atoms with Crippen LogP contribution >= 0.6 is 0 Å². The number of hydrogen-bond acceptors (Lipinski definition) is 3. The van der Waals surface area contributed by atoms with Crippen LogP contribution in [0.5, 0.6) is 11.5 Å². The second kappa shape index (κ2) is 8.99. The van der Waals surface area contributed by atoms with Crippen LogP contribution in [0.25, 0.3) is 0 Å². The molecule has 1 aromatic heterocycles. The molecule has 3 rings (SSSR count). The van der Waals surface area contributed by atoms with Gasteiger partial charge in [-0.05, 0) is 41.8 Å². The molecule has 138 valence electrons. The highest BCUT2D eigenvalue weighted by Gasteiger charge is 2.17. The summed E-state index contributed by atoms with van der Waals surface area (Å²) >= 11 is 0. The van der Waals surface area contributed by atoms with E-state index >= 15 is 0 Å². The van der Waals surface area contributed by atoms with Crippen LogP contribution in [0.1, 0.15) is 35.7 Å². The van der Waals surface area contributed by atoms with Crippen LogP contribution in [0.2, 0.25) is 0 Å². The van der Waals surface area contributed by atoms with E-state index in [9.17, 15) is 4.79 Å². The van der Waals surface area contributed by atoms with Crippen LogP contribution in [0.15, 0.2) is 79.1 Å². The first-order valence-electron chi connectivity index (χ1n) is 9.14. The summed E-state index contributed by atoms with van der Waals surface area (Å²) in [5.74, 6) is 1.90. The van der Waals surface area contributed by atoms with Crippen LogP contribution < -0.4 is 10.1 Å². The summed E-state index contributed by atoms with van der Waals surface area (Å²) in [5, 5.41) is 3.07. The monoisotopic (exact) mass is 360 g/mol. The van der Waals surface area contributed by atoms with Gasteiger partial charge in [-0.1, -0.05) is 50.2 Å². The van der Waals surface area contributed by atoms with Crippen LogP contribution in [-0.2, 0) is 0 Å². The SMILES string of the molecule is CC(C)C(CNC(=O)c1cccc(Oc2ccncc2)c1)c1ccccc1. The van der Waals surface area contributed by atoms with Gasteiger partial charge in [-0.25, -0.2) is 0 Å². The molecule has 1 N–H and O–H groups in total. The zero-order valence-electron chi connectivity index (χ0n) is 15.6. The minimum Gasteiger partial charge on any atom is -0.457 e. The lowest BCUT2D eigenvalue weighted by molar-refractivity contribution is 0.0949. The molecule has 0 aliphatic rings. The molecule has 0 aliphatic carbocycles. The third-order valence-electron chi connectivity index (χ3n) is 4.50. The zero-order valence-corrected chi connectivity index (χ0v) is 15.6. The lowest BCUT2D eigenvalue weighted by atomic mass is 9.88. The van der Waals surface area contributed by atoms with E-state index in [2.05, 4.69) is 36.3 Å². The summed E-state index contributed by atoms with van der Waals surface area (Å²) in [5.41, 5.74) is 1.82. The summed E-state index contributed by atoms with van der Waals surface area (Å²) in [7, 11) is 0. The molecule has 0 saturated heterocycles. The Balaban J connectivity index is 1.66. The number of carbonyl (C=O) groups excluding carboxylic acids is 1. The summed E-state index contributed by atoms with van der Waals surface area (Å²) in [6, 6.07) is 21.1. The number of nitrogens with one attached hydrogen (secondary N) is 1. The van der Waals surface area contributed by atoms with Crippen molar-refractivity contribution in [3.8, 4) is 11.5 Å². The number of amides is 1.